The van der Waals surface area contributed by atoms with Crippen LogP contribution in [0, 0.1) is 0 Å². The van der Waals surface area contributed by atoms with Gasteiger partial charge in [0.2, 0.25) is 9.84 Å². The van der Waals surface area contributed by atoms with Crippen molar-refractivity contribution in [2.24, 2.45) is 9.98 Å². The van der Waals surface area contributed by atoms with Gasteiger partial charge in [-0.2, -0.15) is 0 Å². The van der Waals surface area contributed by atoms with Gasteiger partial charge in [0.1, 0.15) is 0 Å². The maximum absolute atomic E-state index is 13.3. The summed E-state index contributed by atoms with van der Waals surface area (Å²) in [5.74, 6) is 0. The Labute approximate surface area is 201 Å². The van der Waals surface area contributed by atoms with E-state index < -0.39 is 9.84 Å². The number of aliphatic imine (C=N–C) groups is 2. The molecule has 0 bridgehead atoms. The zero-order valence-corrected chi connectivity index (χ0v) is 19.4. The fourth-order valence-electron chi connectivity index (χ4n) is 3.66. The molecule has 4 aromatic rings. The first-order chi connectivity index (χ1) is 15.9. The normalized spacial score (nSPS) is 14.0. The van der Waals surface area contributed by atoms with Gasteiger partial charge in [-0.05, 0) is 59.7 Å². The second-order valence-corrected chi connectivity index (χ2v) is 10.3. The molecule has 0 aliphatic carbocycles. The molecule has 1 aliphatic heterocycles. The minimum atomic E-state index is -3.68. The van der Waals surface area contributed by atoms with E-state index in [1.54, 1.807) is 73.1 Å². The maximum Gasteiger partial charge on any atom is 0.207 e. The summed E-state index contributed by atoms with van der Waals surface area (Å²) in [6.45, 7) is 0. The number of halogens is 2. The van der Waals surface area contributed by atoms with Gasteiger partial charge < -0.3 is 0 Å². The molecular weight excluding hydrogens is 475 g/mol. The van der Waals surface area contributed by atoms with Gasteiger partial charge in [-0.1, -0.05) is 59.6 Å². The molecule has 0 radical (unpaired) electrons. The number of rotatable bonds is 4. The number of hydrogen-bond acceptors (Lipinski definition) is 4. The largest absolute Gasteiger partial charge is 0.256 e. The molecule has 5 rings (SSSR count). The standard InChI is InChI=1S/C26H16Cl2N2O2S/c27-19-5-1-3-17(11-19)15-29-21-7-9-23-24-10-8-22(14-26(24)33(31,32)25(23)13-21)30-16-18-4-2-6-20(28)12-18/h1-16H. The Morgan fingerprint density at radius 3 is 1.48 bits per heavy atom. The van der Waals surface area contributed by atoms with Crippen LogP contribution in [0.25, 0.3) is 11.1 Å². The van der Waals surface area contributed by atoms with E-state index in [-0.39, 0.29) is 9.79 Å². The Morgan fingerprint density at radius 1 is 0.606 bits per heavy atom. The van der Waals surface area contributed by atoms with Gasteiger partial charge >= 0.3 is 0 Å². The summed E-state index contributed by atoms with van der Waals surface area (Å²) in [5.41, 5.74) is 4.08. The SMILES string of the molecule is O=S1(=O)c2cc(N=Cc3cccc(Cl)c3)ccc2-c2ccc(N=Cc3cccc(Cl)c3)cc21. The minimum absolute atomic E-state index is 0.245. The van der Waals surface area contributed by atoms with Gasteiger partial charge in [-0.3, -0.25) is 9.98 Å². The van der Waals surface area contributed by atoms with Crippen LogP contribution in [0.1, 0.15) is 11.1 Å². The van der Waals surface area contributed by atoms with Crippen molar-refractivity contribution in [1.82, 2.24) is 0 Å². The number of sulfone groups is 1. The second kappa shape index (κ2) is 8.60. The molecule has 1 heterocycles. The predicted molar refractivity (Wildman–Crippen MR) is 135 cm³/mol. The number of hydrogen-bond donors (Lipinski definition) is 0. The highest BCUT2D eigenvalue weighted by Crippen LogP contribution is 2.45. The smallest absolute Gasteiger partial charge is 0.207 e. The molecule has 0 saturated carbocycles. The zero-order valence-electron chi connectivity index (χ0n) is 17.1. The first-order valence-electron chi connectivity index (χ1n) is 10.0. The lowest BCUT2D eigenvalue weighted by atomic mass is 10.1. The predicted octanol–water partition coefficient (Wildman–Crippen LogP) is 7.31. The van der Waals surface area contributed by atoms with Gasteiger partial charge in [-0.25, -0.2) is 8.42 Å². The van der Waals surface area contributed by atoms with Gasteiger partial charge in [0.25, 0.3) is 0 Å². The summed E-state index contributed by atoms with van der Waals surface area (Å²) in [5, 5.41) is 1.22. The molecule has 0 aromatic heterocycles. The quantitative estimate of drug-likeness (QED) is 0.248. The van der Waals surface area contributed by atoms with Crippen molar-refractivity contribution in [3.63, 3.8) is 0 Å². The molecule has 0 unspecified atom stereocenters. The van der Waals surface area contributed by atoms with Crippen LogP contribution in [-0.2, 0) is 9.84 Å². The highest BCUT2D eigenvalue weighted by atomic mass is 35.5. The molecule has 4 nitrogen and oxygen atoms in total. The van der Waals surface area contributed by atoms with E-state index in [2.05, 4.69) is 9.98 Å². The third-order valence-electron chi connectivity index (χ3n) is 5.22. The Bertz CT molecular complexity index is 1450. The first-order valence-corrected chi connectivity index (χ1v) is 12.3. The Balaban J connectivity index is 1.47. The zero-order chi connectivity index (χ0) is 23.0. The third kappa shape index (κ3) is 4.35. The number of benzene rings is 4. The second-order valence-electron chi connectivity index (χ2n) is 7.49. The summed E-state index contributed by atoms with van der Waals surface area (Å²) in [4.78, 5) is 9.35. The summed E-state index contributed by atoms with van der Waals surface area (Å²) < 4.78 is 26.6. The van der Waals surface area contributed by atoms with Crippen molar-refractivity contribution in [2.75, 3.05) is 0 Å². The first kappa shape index (κ1) is 21.6. The minimum Gasteiger partial charge on any atom is -0.256 e. The number of fused-ring (bicyclic) bond motifs is 3. The van der Waals surface area contributed by atoms with Gasteiger partial charge in [0, 0.05) is 33.6 Å². The average molecular weight is 491 g/mol. The Morgan fingerprint density at radius 2 is 1.06 bits per heavy atom. The average Bonchev–Trinajstić information content (AvgIpc) is 3.03. The highest BCUT2D eigenvalue weighted by Gasteiger charge is 2.33. The maximum atomic E-state index is 13.3. The van der Waals surface area contributed by atoms with Gasteiger partial charge in [-0.15, -0.1) is 0 Å². The van der Waals surface area contributed by atoms with E-state index in [0.29, 0.717) is 32.5 Å². The van der Waals surface area contributed by atoms with E-state index in [1.165, 1.54) is 0 Å². The Hall–Kier alpha value is -3.25. The van der Waals surface area contributed by atoms with Crippen molar-refractivity contribution >= 4 is 56.8 Å². The molecule has 4 aromatic carbocycles. The van der Waals surface area contributed by atoms with Crippen molar-refractivity contribution in [1.29, 1.82) is 0 Å². The molecular formula is C26H16Cl2N2O2S. The molecule has 162 valence electrons. The third-order valence-corrected chi connectivity index (χ3v) is 7.53. The molecule has 33 heavy (non-hydrogen) atoms. The monoisotopic (exact) mass is 490 g/mol. The molecule has 0 saturated heterocycles. The van der Waals surface area contributed by atoms with Crippen LogP contribution >= 0.6 is 23.2 Å². The number of nitrogens with zero attached hydrogens (tertiary/aromatic N) is 2. The molecule has 0 spiro atoms. The van der Waals surface area contributed by atoms with Crippen LogP contribution in [-0.4, -0.2) is 20.8 Å². The molecule has 0 N–H and O–H groups in total. The lowest BCUT2D eigenvalue weighted by molar-refractivity contribution is 0.598. The lowest BCUT2D eigenvalue weighted by Gasteiger charge is -2.01. The molecule has 0 atom stereocenters. The molecule has 0 fully saturated rings. The van der Waals surface area contributed by atoms with Crippen LogP contribution in [0.3, 0.4) is 0 Å². The lowest BCUT2D eigenvalue weighted by Crippen LogP contribution is -1.96. The summed E-state index contributed by atoms with van der Waals surface area (Å²) in [7, 11) is -3.68. The van der Waals surface area contributed by atoms with E-state index in [0.717, 1.165) is 11.1 Å². The summed E-state index contributed by atoms with van der Waals surface area (Å²) in [6.07, 6.45) is 3.32. The topological polar surface area (TPSA) is 58.9 Å². The van der Waals surface area contributed by atoms with Crippen LogP contribution in [0.15, 0.2) is 105 Å². The van der Waals surface area contributed by atoms with Crippen molar-refractivity contribution in [3.8, 4) is 11.1 Å². The van der Waals surface area contributed by atoms with Crippen molar-refractivity contribution in [3.05, 3.63) is 106 Å². The van der Waals surface area contributed by atoms with Gasteiger partial charge in [0.15, 0.2) is 0 Å². The van der Waals surface area contributed by atoms with Crippen molar-refractivity contribution < 1.29 is 8.42 Å². The van der Waals surface area contributed by atoms with E-state index in [1.807, 2.05) is 24.3 Å². The fraction of sp³-hybridized carbons (Fsp3) is 0. The van der Waals surface area contributed by atoms with E-state index in [9.17, 15) is 8.42 Å². The molecule has 0 amide bonds. The fourth-order valence-corrected chi connectivity index (χ4v) is 5.78. The summed E-state index contributed by atoms with van der Waals surface area (Å²) >= 11 is 12.0. The van der Waals surface area contributed by atoms with Crippen molar-refractivity contribution in [2.45, 2.75) is 9.79 Å². The van der Waals surface area contributed by atoms with Crippen LogP contribution in [0.4, 0.5) is 11.4 Å². The van der Waals surface area contributed by atoms with E-state index in [4.69, 9.17) is 23.2 Å². The van der Waals surface area contributed by atoms with Crippen LogP contribution in [0.5, 0.6) is 0 Å². The van der Waals surface area contributed by atoms with E-state index >= 15 is 0 Å². The van der Waals surface area contributed by atoms with Gasteiger partial charge in [0.05, 0.1) is 21.2 Å². The summed E-state index contributed by atoms with van der Waals surface area (Å²) in [6, 6.07) is 24.9. The molecule has 7 heteroatoms. The Kier molecular flexibility index (Phi) is 5.62. The highest BCUT2D eigenvalue weighted by molar-refractivity contribution is 7.92. The molecule has 1 aliphatic rings. The van der Waals surface area contributed by atoms with Crippen LogP contribution in [0.2, 0.25) is 10.0 Å². The van der Waals surface area contributed by atoms with Crippen LogP contribution < -0.4 is 0 Å².